The average Bonchev–Trinajstić information content (AvgIpc) is 3.10. The molecule has 31 heavy (non-hydrogen) atoms. The Kier molecular flexibility index (Phi) is 5.28. The van der Waals surface area contributed by atoms with Crippen molar-refractivity contribution < 1.29 is 9.53 Å². The summed E-state index contributed by atoms with van der Waals surface area (Å²) >= 11 is 0. The molecular formula is C29H36O2. The predicted octanol–water partition coefficient (Wildman–Crippen LogP) is 6.69. The van der Waals surface area contributed by atoms with Crippen LogP contribution in [-0.2, 0) is 9.53 Å². The highest BCUT2D eigenvalue weighted by molar-refractivity contribution is 5.66. The highest BCUT2D eigenvalue weighted by Crippen LogP contribution is 2.63. The summed E-state index contributed by atoms with van der Waals surface area (Å²) in [5, 5.41) is 0. The smallest absolute Gasteiger partial charge is 0.302 e. The molecule has 6 atom stereocenters. The third-order valence-corrected chi connectivity index (χ3v) is 9.33. The number of benzene rings is 1. The Balaban J connectivity index is 1.37. The summed E-state index contributed by atoms with van der Waals surface area (Å²) in [6.45, 7) is 6.51. The predicted molar refractivity (Wildman–Crippen MR) is 124 cm³/mol. The van der Waals surface area contributed by atoms with Gasteiger partial charge in [0.1, 0.15) is 6.10 Å². The third kappa shape index (κ3) is 3.65. The van der Waals surface area contributed by atoms with Gasteiger partial charge < -0.3 is 4.74 Å². The Bertz CT molecular complexity index is 948. The number of rotatable bonds is 1. The zero-order valence-electron chi connectivity index (χ0n) is 19.4. The lowest BCUT2D eigenvalue weighted by atomic mass is 9.49. The Labute approximate surface area is 187 Å². The van der Waals surface area contributed by atoms with Gasteiger partial charge in [0.2, 0.25) is 0 Å². The summed E-state index contributed by atoms with van der Waals surface area (Å²) in [4.78, 5) is 11.5. The van der Waals surface area contributed by atoms with Crippen molar-refractivity contribution in [1.82, 2.24) is 0 Å². The van der Waals surface area contributed by atoms with Crippen molar-refractivity contribution >= 4 is 5.97 Å². The second-order valence-electron chi connectivity index (χ2n) is 11.0. The topological polar surface area (TPSA) is 26.3 Å². The number of carbonyl (C=O) groups excluding carboxylic acids is 1. The van der Waals surface area contributed by atoms with E-state index in [9.17, 15) is 4.79 Å². The van der Waals surface area contributed by atoms with Crippen molar-refractivity contribution in [2.45, 2.75) is 84.7 Å². The van der Waals surface area contributed by atoms with E-state index in [1.807, 2.05) is 0 Å². The minimum absolute atomic E-state index is 0.0564. The Hall–Kier alpha value is -2.01. The molecule has 0 aliphatic heterocycles. The highest BCUT2D eigenvalue weighted by Gasteiger charge is 2.54. The summed E-state index contributed by atoms with van der Waals surface area (Å²) in [6.07, 6.45) is 11.1. The van der Waals surface area contributed by atoms with Crippen LogP contribution in [0.15, 0.2) is 41.5 Å². The molecule has 1 aromatic carbocycles. The van der Waals surface area contributed by atoms with Crippen molar-refractivity contribution in [2.24, 2.45) is 28.6 Å². The molecule has 2 fully saturated rings. The molecule has 4 aliphatic carbocycles. The standard InChI is InChI=1S/C29H36O2/c1-20(30)31-23-14-18-29(3)22(19-23)9-10-24-25-15-17-28(2,26(25)11-12-27(24)29)16-13-21-7-5-4-6-8-21/h4-8,22-24,27H,9-12,14-15,17-19H2,1-3H3/t22-,23+,24+,27+,28-,29+/m1/s1. The molecule has 2 nitrogen and oxygen atoms in total. The van der Waals surface area contributed by atoms with E-state index in [0.29, 0.717) is 11.3 Å². The number of esters is 1. The number of fused-ring (bicyclic) bond motifs is 4. The molecule has 0 heterocycles. The Morgan fingerprint density at radius 2 is 1.84 bits per heavy atom. The third-order valence-electron chi connectivity index (χ3n) is 9.33. The van der Waals surface area contributed by atoms with Crippen LogP contribution in [0.25, 0.3) is 0 Å². The fourth-order valence-electron chi connectivity index (χ4n) is 7.70. The van der Waals surface area contributed by atoms with Crippen molar-refractivity contribution in [3.63, 3.8) is 0 Å². The van der Waals surface area contributed by atoms with Gasteiger partial charge in [-0.05, 0) is 100 Å². The molecule has 2 heteroatoms. The first-order valence-electron chi connectivity index (χ1n) is 12.4. The van der Waals surface area contributed by atoms with Gasteiger partial charge in [-0.2, -0.15) is 0 Å². The second-order valence-corrected chi connectivity index (χ2v) is 11.0. The largest absolute Gasteiger partial charge is 0.463 e. The molecule has 0 N–H and O–H groups in total. The second kappa shape index (κ2) is 7.84. The van der Waals surface area contributed by atoms with Crippen LogP contribution < -0.4 is 0 Å². The molecule has 0 saturated heterocycles. The molecule has 5 rings (SSSR count). The van der Waals surface area contributed by atoms with Gasteiger partial charge in [0.15, 0.2) is 0 Å². The fourth-order valence-corrected chi connectivity index (χ4v) is 7.70. The first kappa shape index (κ1) is 20.9. The lowest BCUT2D eigenvalue weighted by Crippen LogP contribution is -2.49. The SMILES string of the molecule is CC(=O)O[C@H]1CC[C@@]2(C)[C@H](CC[C@H]3C4=C(CC[C@@H]32)[C@](C)(C#Cc2ccccc2)CC4)C1. The van der Waals surface area contributed by atoms with Crippen LogP contribution in [-0.4, -0.2) is 12.1 Å². The monoisotopic (exact) mass is 416 g/mol. The van der Waals surface area contributed by atoms with Crippen LogP contribution in [0.4, 0.5) is 0 Å². The summed E-state index contributed by atoms with van der Waals surface area (Å²) < 4.78 is 5.62. The van der Waals surface area contributed by atoms with E-state index < -0.39 is 0 Å². The van der Waals surface area contributed by atoms with Crippen LogP contribution in [0.2, 0.25) is 0 Å². The lowest BCUT2D eigenvalue weighted by molar-refractivity contribution is -0.154. The molecule has 0 spiro atoms. The quantitative estimate of drug-likeness (QED) is 0.289. The normalized spacial score (nSPS) is 38.9. The van der Waals surface area contributed by atoms with Crippen molar-refractivity contribution in [3.8, 4) is 11.8 Å². The van der Waals surface area contributed by atoms with E-state index in [1.54, 1.807) is 18.1 Å². The molecule has 4 aliphatic rings. The Morgan fingerprint density at radius 3 is 2.61 bits per heavy atom. The van der Waals surface area contributed by atoms with E-state index in [1.165, 1.54) is 44.9 Å². The van der Waals surface area contributed by atoms with E-state index >= 15 is 0 Å². The van der Waals surface area contributed by atoms with E-state index in [0.717, 1.165) is 30.2 Å². The molecule has 0 bridgehead atoms. The van der Waals surface area contributed by atoms with Crippen LogP contribution in [0.3, 0.4) is 0 Å². The number of hydrogen-bond donors (Lipinski definition) is 0. The van der Waals surface area contributed by atoms with Gasteiger partial charge in [0, 0.05) is 12.5 Å². The molecule has 0 radical (unpaired) electrons. The van der Waals surface area contributed by atoms with E-state index in [2.05, 4.69) is 56.0 Å². The summed E-state index contributed by atoms with van der Waals surface area (Å²) in [5.74, 6) is 9.33. The zero-order valence-corrected chi connectivity index (χ0v) is 19.4. The molecule has 2 saturated carbocycles. The minimum atomic E-state index is -0.114. The van der Waals surface area contributed by atoms with Crippen LogP contribution in [0.5, 0.6) is 0 Å². The highest BCUT2D eigenvalue weighted by atomic mass is 16.5. The van der Waals surface area contributed by atoms with Crippen molar-refractivity contribution in [3.05, 3.63) is 47.0 Å². The molecule has 0 aromatic heterocycles. The Morgan fingerprint density at radius 1 is 1.03 bits per heavy atom. The van der Waals surface area contributed by atoms with Gasteiger partial charge in [-0.3, -0.25) is 4.79 Å². The van der Waals surface area contributed by atoms with Gasteiger partial charge in [-0.1, -0.05) is 48.1 Å². The summed E-state index contributed by atoms with van der Waals surface area (Å²) in [6, 6.07) is 10.4. The van der Waals surface area contributed by atoms with E-state index in [4.69, 9.17) is 4.74 Å². The van der Waals surface area contributed by atoms with E-state index in [-0.39, 0.29) is 17.5 Å². The van der Waals surface area contributed by atoms with Crippen LogP contribution in [0.1, 0.15) is 84.1 Å². The molecular weight excluding hydrogens is 380 g/mol. The molecule has 0 amide bonds. The first-order valence-corrected chi connectivity index (χ1v) is 12.4. The van der Waals surface area contributed by atoms with Gasteiger partial charge in [-0.25, -0.2) is 0 Å². The van der Waals surface area contributed by atoms with Crippen molar-refractivity contribution in [1.29, 1.82) is 0 Å². The lowest BCUT2D eigenvalue weighted by Gasteiger charge is -2.57. The van der Waals surface area contributed by atoms with Crippen LogP contribution >= 0.6 is 0 Å². The maximum absolute atomic E-state index is 11.5. The number of allylic oxidation sites excluding steroid dienone is 2. The van der Waals surface area contributed by atoms with Gasteiger partial charge in [0.05, 0.1) is 5.41 Å². The molecule has 164 valence electrons. The number of carbonyl (C=O) groups is 1. The maximum Gasteiger partial charge on any atom is 0.302 e. The number of hydrogen-bond acceptors (Lipinski definition) is 2. The average molecular weight is 417 g/mol. The van der Waals surface area contributed by atoms with Gasteiger partial charge >= 0.3 is 5.97 Å². The molecule has 0 unspecified atom stereocenters. The minimum Gasteiger partial charge on any atom is -0.463 e. The number of ether oxygens (including phenoxy) is 1. The molecule has 1 aromatic rings. The van der Waals surface area contributed by atoms with Crippen molar-refractivity contribution in [2.75, 3.05) is 0 Å². The maximum atomic E-state index is 11.5. The van der Waals surface area contributed by atoms with Gasteiger partial charge in [-0.15, -0.1) is 0 Å². The van der Waals surface area contributed by atoms with Gasteiger partial charge in [0.25, 0.3) is 0 Å². The first-order chi connectivity index (χ1) is 14.9. The fraction of sp³-hybridized carbons (Fsp3) is 0.621. The summed E-state index contributed by atoms with van der Waals surface area (Å²) in [7, 11) is 0. The summed E-state index contributed by atoms with van der Waals surface area (Å²) in [5.41, 5.74) is 5.06. The van der Waals surface area contributed by atoms with Crippen LogP contribution in [0, 0.1) is 40.4 Å². The zero-order chi connectivity index (χ0) is 21.6.